The van der Waals surface area contributed by atoms with Gasteiger partial charge in [0.2, 0.25) is 0 Å². The molecule has 20 heavy (non-hydrogen) atoms. The SMILES string of the molecule is Cn1ccnc1CCC(=O)c1cccc2nccnc12. The highest BCUT2D eigenvalue weighted by molar-refractivity contribution is 6.05. The molecule has 3 aromatic rings. The Bertz CT molecular complexity index is 758. The van der Waals surface area contributed by atoms with Crippen LogP contribution < -0.4 is 0 Å². The number of hydrogen-bond acceptors (Lipinski definition) is 4. The predicted molar refractivity (Wildman–Crippen MR) is 75.4 cm³/mol. The molecule has 0 aliphatic carbocycles. The molecule has 5 nitrogen and oxygen atoms in total. The molecule has 0 radical (unpaired) electrons. The first-order valence-electron chi connectivity index (χ1n) is 6.45. The highest BCUT2D eigenvalue weighted by Gasteiger charge is 2.12. The molecule has 2 aromatic heterocycles. The Morgan fingerprint density at radius 3 is 2.80 bits per heavy atom. The van der Waals surface area contributed by atoms with E-state index >= 15 is 0 Å². The number of hydrogen-bond donors (Lipinski definition) is 0. The quantitative estimate of drug-likeness (QED) is 0.679. The van der Waals surface area contributed by atoms with Crippen molar-refractivity contribution < 1.29 is 4.79 Å². The Balaban J connectivity index is 1.84. The maximum absolute atomic E-state index is 12.4. The van der Waals surface area contributed by atoms with Crippen molar-refractivity contribution in [3.63, 3.8) is 0 Å². The molecule has 0 atom stereocenters. The molecule has 0 spiro atoms. The maximum atomic E-state index is 12.4. The highest BCUT2D eigenvalue weighted by Crippen LogP contribution is 2.16. The number of benzene rings is 1. The molecule has 0 fully saturated rings. The van der Waals surface area contributed by atoms with Crippen LogP contribution in [-0.2, 0) is 13.5 Å². The van der Waals surface area contributed by atoms with Gasteiger partial charge in [-0.15, -0.1) is 0 Å². The van der Waals surface area contributed by atoms with Crippen LogP contribution in [0.4, 0.5) is 0 Å². The maximum Gasteiger partial charge on any atom is 0.165 e. The Hall–Kier alpha value is -2.56. The van der Waals surface area contributed by atoms with Crippen LogP contribution in [0.1, 0.15) is 22.6 Å². The minimum atomic E-state index is 0.0686. The molecular formula is C15H14N4O. The molecule has 0 saturated heterocycles. The second kappa shape index (κ2) is 5.21. The molecule has 0 saturated carbocycles. The number of carbonyl (C=O) groups excluding carboxylic acids is 1. The highest BCUT2D eigenvalue weighted by atomic mass is 16.1. The second-order valence-corrected chi connectivity index (χ2v) is 4.61. The van der Waals surface area contributed by atoms with E-state index in [2.05, 4.69) is 15.0 Å². The van der Waals surface area contributed by atoms with Crippen LogP contribution in [0.25, 0.3) is 11.0 Å². The molecule has 100 valence electrons. The van der Waals surface area contributed by atoms with Crippen molar-refractivity contribution >= 4 is 16.8 Å². The van der Waals surface area contributed by atoms with Crippen LogP contribution in [0.2, 0.25) is 0 Å². The van der Waals surface area contributed by atoms with Crippen LogP contribution in [0.5, 0.6) is 0 Å². The van der Waals surface area contributed by atoms with E-state index in [1.54, 1.807) is 24.7 Å². The summed E-state index contributed by atoms with van der Waals surface area (Å²) in [6.07, 6.45) is 7.90. The van der Waals surface area contributed by atoms with Gasteiger partial charge < -0.3 is 4.57 Å². The van der Waals surface area contributed by atoms with Gasteiger partial charge in [-0.2, -0.15) is 0 Å². The van der Waals surface area contributed by atoms with Crippen LogP contribution in [0, 0.1) is 0 Å². The summed E-state index contributed by atoms with van der Waals surface area (Å²) in [6, 6.07) is 5.50. The Morgan fingerprint density at radius 1 is 1.15 bits per heavy atom. The number of imidazole rings is 1. The number of ketones is 1. The third kappa shape index (κ3) is 2.30. The number of rotatable bonds is 4. The van der Waals surface area contributed by atoms with Gasteiger partial charge in [-0.3, -0.25) is 14.8 Å². The number of Topliss-reactive ketones (excluding diaryl/α,β-unsaturated/α-hetero) is 1. The van der Waals surface area contributed by atoms with E-state index in [1.165, 1.54) is 0 Å². The predicted octanol–water partition coefficient (Wildman–Crippen LogP) is 2.18. The molecule has 0 aliphatic heterocycles. The lowest BCUT2D eigenvalue weighted by Crippen LogP contribution is -2.06. The first-order chi connectivity index (χ1) is 9.75. The Kier molecular flexibility index (Phi) is 3.25. The average molecular weight is 266 g/mol. The summed E-state index contributed by atoms with van der Waals surface area (Å²) in [6.45, 7) is 0. The van der Waals surface area contributed by atoms with E-state index in [4.69, 9.17) is 0 Å². The fourth-order valence-corrected chi connectivity index (χ4v) is 2.22. The normalized spacial score (nSPS) is 10.8. The molecule has 0 bridgehead atoms. The molecule has 3 rings (SSSR count). The third-order valence-corrected chi connectivity index (χ3v) is 3.30. The van der Waals surface area contributed by atoms with Gasteiger partial charge in [0.15, 0.2) is 5.78 Å². The van der Waals surface area contributed by atoms with Crippen molar-refractivity contribution in [1.29, 1.82) is 0 Å². The first-order valence-corrected chi connectivity index (χ1v) is 6.45. The zero-order valence-electron chi connectivity index (χ0n) is 11.2. The molecule has 0 N–H and O–H groups in total. The van der Waals surface area contributed by atoms with E-state index in [0.29, 0.717) is 23.9 Å². The van der Waals surface area contributed by atoms with Gasteiger partial charge in [0.25, 0.3) is 0 Å². The number of para-hydroxylation sites is 1. The standard InChI is InChI=1S/C15H14N4O/c1-19-10-9-17-14(19)6-5-13(20)11-3-2-4-12-15(11)18-8-7-16-12/h2-4,7-10H,5-6H2,1H3. The summed E-state index contributed by atoms with van der Waals surface area (Å²) in [4.78, 5) is 25.1. The zero-order valence-corrected chi connectivity index (χ0v) is 11.2. The zero-order chi connectivity index (χ0) is 13.9. The number of carbonyl (C=O) groups is 1. The average Bonchev–Trinajstić information content (AvgIpc) is 2.89. The van der Waals surface area contributed by atoms with Crippen LogP contribution >= 0.6 is 0 Å². The summed E-state index contributed by atoms with van der Waals surface area (Å²) >= 11 is 0. The van der Waals surface area contributed by atoms with E-state index in [-0.39, 0.29) is 5.78 Å². The van der Waals surface area contributed by atoms with Crippen molar-refractivity contribution in [2.75, 3.05) is 0 Å². The van der Waals surface area contributed by atoms with Crippen LogP contribution in [-0.4, -0.2) is 25.3 Å². The fraction of sp³-hybridized carbons (Fsp3) is 0.200. The van der Waals surface area contributed by atoms with E-state index < -0.39 is 0 Å². The number of aryl methyl sites for hydroxylation is 2. The van der Waals surface area contributed by atoms with Crippen LogP contribution in [0.3, 0.4) is 0 Å². The Morgan fingerprint density at radius 2 is 2.00 bits per heavy atom. The molecule has 0 aliphatic rings. The lowest BCUT2D eigenvalue weighted by molar-refractivity contribution is 0.0983. The second-order valence-electron chi connectivity index (χ2n) is 4.61. The van der Waals surface area contributed by atoms with Crippen LogP contribution in [0.15, 0.2) is 43.0 Å². The fourth-order valence-electron chi connectivity index (χ4n) is 2.22. The van der Waals surface area contributed by atoms with Crippen molar-refractivity contribution in [2.24, 2.45) is 7.05 Å². The summed E-state index contributed by atoms with van der Waals surface area (Å²) in [5, 5.41) is 0. The molecule has 5 heteroatoms. The van der Waals surface area contributed by atoms with Gasteiger partial charge >= 0.3 is 0 Å². The lowest BCUT2D eigenvalue weighted by Gasteiger charge is -2.04. The number of aromatic nitrogens is 4. The van der Waals surface area contributed by atoms with Gasteiger partial charge in [-0.05, 0) is 12.1 Å². The lowest BCUT2D eigenvalue weighted by atomic mass is 10.0. The molecule has 0 amide bonds. The summed E-state index contributed by atoms with van der Waals surface area (Å²) in [7, 11) is 1.93. The smallest absolute Gasteiger partial charge is 0.165 e. The van der Waals surface area contributed by atoms with Gasteiger partial charge in [0.05, 0.1) is 11.0 Å². The van der Waals surface area contributed by atoms with E-state index in [0.717, 1.165) is 11.3 Å². The minimum absolute atomic E-state index is 0.0686. The number of fused-ring (bicyclic) bond motifs is 1. The third-order valence-electron chi connectivity index (χ3n) is 3.30. The minimum Gasteiger partial charge on any atom is -0.338 e. The summed E-state index contributed by atoms with van der Waals surface area (Å²) in [5.41, 5.74) is 2.04. The van der Waals surface area contributed by atoms with Gasteiger partial charge in [0, 0.05) is 50.2 Å². The van der Waals surface area contributed by atoms with E-state index in [1.807, 2.05) is 29.9 Å². The van der Waals surface area contributed by atoms with Gasteiger partial charge in [-0.25, -0.2) is 4.98 Å². The first kappa shape index (κ1) is 12.5. The molecular weight excluding hydrogens is 252 g/mol. The molecule has 2 heterocycles. The van der Waals surface area contributed by atoms with Gasteiger partial charge in [-0.1, -0.05) is 6.07 Å². The topological polar surface area (TPSA) is 60.7 Å². The van der Waals surface area contributed by atoms with Crippen molar-refractivity contribution in [3.05, 3.63) is 54.4 Å². The van der Waals surface area contributed by atoms with Crippen molar-refractivity contribution in [1.82, 2.24) is 19.5 Å². The monoisotopic (exact) mass is 266 g/mol. The summed E-state index contributed by atoms with van der Waals surface area (Å²) < 4.78 is 1.93. The van der Waals surface area contributed by atoms with Crippen molar-refractivity contribution in [2.45, 2.75) is 12.8 Å². The molecule has 1 aromatic carbocycles. The molecule has 0 unspecified atom stereocenters. The van der Waals surface area contributed by atoms with Gasteiger partial charge in [0.1, 0.15) is 5.82 Å². The summed E-state index contributed by atoms with van der Waals surface area (Å²) in [5.74, 6) is 0.976. The largest absolute Gasteiger partial charge is 0.338 e. The van der Waals surface area contributed by atoms with Crippen molar-refractivity contribution in [3.8, 4) is 0 Å². The van der Waals surface area contributed by atoms with E-state index in [9.17, 15) is 4.79 Å². The number of nitrogens with zero attached hydrogens (tertiary/aromatic N) is 4. The Labute approximate surface area is 116 Å².